The van der Waals surface area contributed by atoms with Crippen LogP contribution in [0.2, 0.25) is 10.2 Å². The van der Waals surface area contributed by atoms with E-state index in [-0.39, 0.29) is 15.7 Å². The Balaban J connectivity index is 1.72. The average Bonchev–Trinajstić information content (AvgIpc) is 2.60. The largest absolute Gasteiger partial charge is 0.298 e. The van der Waals surface area contributed by atoms with Crippen LogP contribution in [-0.2, 0) is 0 Å². The van der Waals surface area contributed by atoms with Gasteiger partial charge in [0.25, 0.3) is 5.91 Å². The van der Waals surface area contributed by atoms with Gasteiger partial charge >= 0.3 is 0 Å². The maximum absolute atomic E-state index is 12.9. The Morgan fingerprint density at radius 3 is 2.52 bits per heavy atom. The lowest BCUT2D eigenvalue weighted by Crippen LogP contribution is -2.29. The number of carbonyl (C=O) groups is 1. The molecule has 0 aliphatic heterocycles. The first-order valence-corrected chi connectivity index (χ1v) is 7.74. The molecule has 0 saturated heterocycles. The summed E-state index contributed by atoms with van der Waals surface area (Å²) in [6, 6.07) is 8.32. The molecule has 0 aliphatic rings. The summed E-state index contributed by atoms with van der Waals surface area (Å²) in [6.45, 7) is 0. The summed E-state index contributed by atoms with van der Waals surface area (Å²) in [5.41, 5.74) is 6.68. The number of amides is 1. The maximum Gasteiger partial charge on any atom is 0.272 e. The van der Waals surface area contributed by atoms with Gasteiger partial charge in [-0.15, -0.1) is 0 Å². The van der Waals surface area contributed by atoms with E-state index < -0.39 is 11.7 Å². The van der Waals surface area contributed by atoms with E-state index in [1.54, 1.807) is 24.3 Å². The van der Waals surface area contributed by atoms with Gasteiger partial charge in [0, 0.05) is 11.8 Å². The predicted octanol–water partition coefficient (Wildman–Crippen LogP) is 3.74. The number of pyridine rings is 1. The number of nitrogens with zero attached hydrogens (tertiary/aromatic N) is 3. The number of aromatic nitrogens is 3. The van der Waals surface area contributed by atoms with Crippen molar-refractivity contribution in [2.75, 3.05) is 5.43 Å². The molecular formula is C16H10Cl2FN5O. The van der Waals surface area contributed by atoms with Gasteiger partial charge in [-0.05, 0) is 18.2 Å². The van der Waals surface area contributed by atoms with Crippen LogP contribution >= 0.6 is 23.2 Å². The molecule has 9 heteroatoms. The third kappa shape index (κ3) is 4.20. The van der Waals surface area contributed by atoms with E-state index >= 15 is 0 Å². The molecule has 25 heavy (non-hydrogen) atoms. The lowest BCUT2D eigenvalue weighted by molar-refractivity contribution is 0.0962. The van der Waals surface area contributed by atoms with E-state index in [4.69, 9.17) is 23.2 Å². The first-order chi connectivity index (χ1) is 12.0. The number of hydrogen-bond acceptors (Lipinski definition) is 5. The van der Waals surface area contributed by atoms with Gasteiger partial charge in [-0.1, -0.05) is 35.3 Å². The first kappa shape index (κ1) is 17.1. The molecule has 2 N–H and O–H groups in total. The molecule has 1 amide bonds. The summed E-state index contributed by atoms with van der Waals surface area (Å²) >= 11 is 11.7. The minimum Gasteiger partial charge on any atom is -0.298 e. The Hall–Kier alpha value is -2.77. The molecule has 0 fully saturated rings. The van der Waals surface area contributed by atoms with Crippen molar-refractivity contribution < 1.29 is 9.18 Å². The molecule has 0 aliphatic carbocycles. The SMILES string of the molecule is O=C(NNc1cccc(-c2ncc(F)cn2)c1)c1cnc(Cl)cc1Cl. The van der Waals surface area contributed by atoms with Crippen molar-refractivity contribution in [3.05, 3.63) is 70.5 Å². The highest BCUT2D eigenvalue weighted by atomic mass is 35.5. The lowest BCUT2D eigenvalue weighted by atomic mass is 10.2. The molecule has 2 heterocycles. The topological polar surface area (TPSA) is 79.8 Å². The minimum atomic E-state index is -0.515. The molecule has 3 rings (SSSR count). The van der Waals surface area contributed by atoms with E-state index in [1.807, 2.05) is 0 Å². The Labute approximate surface area is 152 Å². The van der Waals surface area contributed by atoms with Crippen LogP contribution in [0.25, 0.3) is 11.4 Å². The number of anilines is 1. The summed E-state index contributed by atoms with van der Waals surface area (Å²) in [5.74, 6) is -0.627. The number of hydrazine groups is 1. The van der Waals surface area contributed by atoms with E-state index in [1.165, 1.54) is 12.3 Å². The first-order valence-electron chi connectivity index (χ1n) is 6.98. The zero-order valence-corrected chi connectivity index (χ0v) is 14.0. The summed E-state index contributed by atoms with van der Waals surface area (Å²) in [7, 11) is 0. The molecule has 6 nitrogen and oxygen atoms in total. The molecule has 1 aromatic carbocycles. The second-order valence-electron chi connectivity index (χ2n) is 4.87. The summed E-state index contributed by atoms with van der Waals surface area (Å²) in [5, 5.41) is 0.384. The summed E-state index contributed by atoms with van der Waals surface area (Å²) in [4.78, 5) is 23.8. The fraction of sp³-hybridized carbons (Fsp3) is 0. The van der Waals surface area contributed by atoms with Crippen LogP contribution in [0.15, 0.2) is 48.9 Å². The van der Waals surface area contributed by atoms with Crippen LogP contribution in [0.3, 0.4) is 0 Å². The minimum absolute atomic E-state index is 0.177. The second-order valence-corrected chi connectivity index (χ2v) is 5.67. The highest BCUT2D eigenvalue weighted by Crippen LogP contribution is 2.20. The molecule has 2 aromatic heterocycles. The molecule has 126 valence electrons. The van der Waals surface area contributed by atoms with Gasteiger partial charge in [0.1, 0.15) is 5.15 Å². The zero-order valence-electron chi connectivity index (χ0n) is 12.5. The normalized spacial score (nSPS) is 10.4. The molecular weight excluding hydrogens is 368 g/mol. The standard InChI is InChI=1S/C16H10Cl2FN5O/c17-13-5-14(18)20-8-12(13)16(25)24-23-11-3-1-2-9(4-11)15-21-6-10(19)7-22-15/h1-8,23H,(H,24,25). The van der Waals surface area contributed by atoms with E-state index in [0.717, 1.165) is 12.4 Å². The lowest BCUT2D eigenvalue weighted by Gasteiger charge is -2.10. The number of hydrogen-bond donors (Lipinski definition) is 2. The molecule has 0 unspecified atom stereocenters. The molecule has 0 spiro atoms. The molecule has 0 bridgehead atoms. The van der Waals surface area contributed by atoms with Crippen molar-refractivity contribution in [1.82, 2.24) is 20.4 Å². The number of halogens is 3. The number of nitrogens with one attached hydrogen (secondary N) is 2. The Morgan fingerprint density at radius 2 is 1.80 bits per heavy atom. The predicted molar refractivity (Wildman–Crippen MR) is 92.8 cm³/mol. The van der Waals surface area contributed by atoms with E-state index in [0.29, 0.717) is 17.1 Å². The van der Waals surface area contributed by atoms with Crippen LogP contribution in [0.4, 0.5) is 10.1 Å². The van der Waals surface area contributed by atoms with Gasteiger partial charge in [0.15, 0.2) is 11.6 Å². The fourth-order valence-corrected chi connectivity index (χ4v) is 2.42. The number of benzene rings is 1. The highest BCUT2D eigenvalue weighted by molar-refractivity contribution is 6.36. The Kier molecular flexibility index (Phi) is 5.06. The molecule has 0 radical (unpaired) electrons. The highest BCUT2D eigenvalue weighted by Gasteiger charge is 2.11. The van der Waals surface area contributed by atoms with Gasteiger partial charge in [-0.2, -0.15) is 0 Å². The van der Waals surface area contributed by atoms with Crippen molar-refractivity contribution in [2.45, 2.75) is 0 Å². The van der Waals surface area contributed by atoms with Crippen LogP contribution < -0.4 is 10.9 Å². The summed E-state index contributed by atoms with van der Waals surface area (Å²) in [6.07, 6.45) is 3.45. The van der Waals surface area contributed by atoms with Crippen LogP contribution in [0.5, 0.6) is 0 Å². The Bertz CT molecular complexity index is 921. The number of rotatable bonds is 4. The Morgan fingerprint density at radius 1 is 1.04 bits per heavy atom. The van der Waals surface area contributed by atoms with Crippen molar-refractivity contribution in [3.8, 4) is 11.4 Å². The van der Waals surface area contributed by atoms with Crippen molar-refractivity contribution >= 4 is 34.8 Å². The third-order valence-corrected chi connectivity index (χ3v) is 3.65. The molecule has 3 aromatic rings. The van der Waals surface area contributed by atoms with E-state index in [9.17, 15) is 9.18 Å². The van der Waals surface area contributed by atoms with Gasteiger partial charge in [-0.25, -0.2) is 19.3 Å². The molecule has 0 atom stereocenters. The van der Waals surface area contributed by atoms with Gasteiger partial charge in [0.2, 0.25) is 0 Å². The van der Waals surface area contributed by atoms with Crippen molar-refractivity contribution in [1.29, 1.82) is 0 Å². The number of carbonyl (C=O) groups excluding carboxylic acids is 1. The molecule has 0 saturated carbocycles. The average molecular weight is 378 g/mol. The maximum atomic E-state index is 12.9. The second kappa shape index (κ2) is 7.42. The van der Waals surface area contributed by atoms with Crippen LogP contribution in [0, 0.1) is 5.82 Å². The van der Waals surface area contributed by atoms with Crippen LogP contribution in [-0.4, -0.2) is 20.9 Å². The van der Waals surface area contributed by atoms with Gasteiger partial charge in [0.05, 0.1) is 28.7 Å². The summed E-state index contributed by atoms with van der Waals surface area (Å²) < 4.78 is 12.9. The van der Waals surface area contributed by atoms with Crippen LogP contribution in [0.1, 0.15) is 10.4 Å². The van der Waals surface area contributed by atoms with E-state index in [2.05, 4.69) is 25.8 Å². The smallest absolute Gasteiger partial charge is 0.272 e. The van der Waals surface area contributed by atoms with Gasteiger partial charge < -0.3 is 0 Å². The quantitative estimate of drug-likeness (QED) is 0.534. The van der Waals surface area contributed by atoms with Crippen molar-refractivity contribution in [3.63, 3.8) is 0 Å². The van der Waals surface area contributed by atoms with Gasteiger partial charge in [-0.3, -0.25) is 15.6 Å². The zero-order chi connectivity index (χ0) is 17.8. The third-order valence-electron chi connectivity index (χ3n) is 3.13. The van der Waals surface area contributed by atoms with Crippen molar-refractivity contribution in [2.24, 2.45) is 0 Å². The fourth-order valence-electron chi connectivity index (χ4n) is 1.97. The monoisotopic (exact) mass is 377 g/mol.